The van der Waals surface area contributed by atoms with Crippen LogP contribution in [-0.4, -0.2) is 43.9 Å². The molecule has 0 spiro atoms. The molecule has 1 aliphatic rings. The molecule has 1 unspecified atom stereocenters. The predicted molar refractivity (Wildman–Crippen MR) is 88.2 cm³/mol. The fraction of sp³-hybridized carbons (Fsp3) is 0.667. The summed E-state index contributed by atoms with van der Waals surface area (Å²) in [6.07, 6.45) is 1.21. The Morgan fingerprint density at radius 2 is 2.10 bits per heavy atom. The monoisotopic (exact) mass is 305 g/mol. The van der Waals surface area contributed by atoms with E-state index in [4.69, 9.17) is 5.10 Å². The summed E-state index contributed by atoms with van der Waals surface area (Å²) in [5.74, 6) is 3.12. The van der Waals surface area contributed by atoms with Gasteiger partial charge in [0.2, 0.25) is 0 Å². The molecule has 114 valence electrons. The van der Waals surface area contributed by atoms with Crippen LogP contribution in [0.1, 0.15) is 39.9 Å². The number of hydrogen-bond donors (Lipinski definition) is 0. The fourth-order valence-corrected chi connectivity index (χ4v) is 3.77. The first-order valence-electron chi connectivity index (χ1n) is 7.58. The number of anilines is 1. The highest BCUT2D eigenvalue weighted by Crippen LogP contribution is 2.26. The highest BCUT2D eigenvalue weighted by molar-refractivity contribution is 8.00. The van der Waals surface area contributed by atoms with Gasteiger partial charge in [0, 0.05) is 29.5 Å². The number of fused-ring (bicyclic) bond motifs is 1. The van der Waals surface area contributed by atoms with Crippen molar-refractivity contribution in [3.05, 3.63) is 18.0 Å². The Labute approximate surface area is 130 Å². The minimum absolute atomic E-state index is 0.0608. The van der Waals surface area contributed by atoms with Crippen LogP contribution in [0, 0.1) is 0 Å². The minimum Gasteiger partial charge on any atom is -0.353 e. The summed E-state index contributed by atoms with van der Waals surface area (Å²) in [5.41, 5.74) is 0.761. The Bertz CT molecular complexity index is 631. The molecule has 0 N–H and O–H groups in total. The molecule has 6 heteroatoms. The molecule has 0 amide bonds. The fourth-order valence-electron chi connectivity index (χ4n) is 2.59. The summed E-state index contributed by atoms with van der Waals surface area (Å²) in [5, 5.41) is 14.1. The molecule has 21 heavy (non-hydrogen) atoms. The summed E-state index contributed by atoms with van der Waals surface area (Å²) in [7, 11) is 0. The molecular formula is C15H23N5S. The van der Waals surface area contributed by atoms with Gasteiger partial charge in [0.05, 0.1) is 0 Å². The molecule has 1 saturated heterocycles. The number of hydrogen-bond acceptors (Lipinski definition) is 5. The normalized spacial score (nSPS) is 20.2. The third-order valence-corrected chi connectivity index (χ3v) is 5.21. The second-order valence-electron chi connectivity index (χ2n) is 6.58. The van der Waals surface area contributed by atoms with Crippen molar-refractivity contribution < 1.29 is 0 Å². The van der Waals surface area contributed by atoms with Crippen molar-refractivity contribution in [3.8, 4) is 0 Å². The number of nitrogens with zero attached hydrogens (tertiary/aromatic N) is 5. The summed E-state index contributed by atoms with van der Waals surface area (Å²) < 4.78 is 1.90. The van der Waals surface area contributed by atoms with Gasteiger partial charge in [0.25, 0.3) is 0 Å². The van der Waals surface area contributed by atoms with Gasteiger partial charge < -0.3 is 4.90 Å². The number of rotatable bonds is 2. The van der Waals surface area contributed by atoms with E-state index in [1.165, 1.54) is 12.2 Å². The maximum Gasteiger partial charge on any atom is 0.178 e. The molecule has 0 aromatic carbocycles. The highest BCUT2D eigenvalue weighted by Gasteiger charge is 2.24. The summed E-state index contributed by atoms with van der Waals surface area (Å²) in [6.45, 7) is 10.8. The number of aromatic nitrogens is 4. The molecule has 5 nitrogen and oxygen atoms in total. The lowest BCUT2D eigenvalue weighted by molar-refractivity contribution is 0.526. The SMILES string of the molecule is CCC1CN(c2ccc3nnc(C(C)(C)C)n3n2)CCS1. The average Bonchev–Trinajstić information content (AvgIpc) is 2.90. The molecule has 0 aliphatic carbocycles. The maximum absolute atomic E-state index is 4.80. The van der Waals surface area contributed by atoms with Gasteiger partial charge in [-0.05, 0) is 18.6 Å². The van der Waals surface area contributed by atoms with E-state index in [0.29, 0.717) is 5.25 Å². The van der Waals surface area contributed by atoms with Gasteiger partial charge in [-0.25, -0.2) is 0 Å². The average molecular weight is 305 g/mol. The third-order valence-electron chi connectivity index (χ3n) is 3.84. The molecular weight excluding hydrogens is 282 g/mol. The van der Waals surface area contributed by atoms with Crippen LogP contribution in [0.2, 0.25) is 0 Å². The van der Waals surface area contributed by atoms with E-state index >= 15 is 0 Å². The highest BCUT2D eigenvalue weighted by atomic mass is 32.2. The van der Waals surface area contributed by atoms with Crippen molar-refractivity contribution in [1.82, 2.24) is 19.8 Å². The Morgan fingerprint density at radius 3 is 2.81 bits per heavy atom. The molecule has 3 rings (SSSR count). The van der Waals surface area contributed by atoms with Crippen molar-refractivity contribution in [3.63, 3.8) is 0 Å². The lowest BCUT2D eigenvalue weighted by Crippen LogP contribution is -2.38. The Morgan fingerprint density at radius 1 is 1.29 bits per heavy atom. The van der Waals surface area contributed by atoms with E-state index in [9.17, 15) is 0 Å². The quantitative estimate of drug-likeness (QED) is 0.854. The molecule has 0 saturated carbocycles. The van der Waals surface area contributed by atoms with Crippen molar-refractivity contribution in [1.29, 1.82) is 0 Å². The van der Waals surface area contributed by atoms with Crippen molar-refractivity contribution in [2.45, 2.75) is 44.8 Å². The molecule has 1 atom stereocenters. The largest absolute Gasteiger partial charge is 0.353 e. The molecule has 2 aromatic rings. The molecule has 0 radical (unpaired) electrons. The van der Waals surface area contributed by atoms with Gasteiger partial charge in [-0.1, -0.05) is 27.7 Å². The van der Waals surface area contributed by atoms with Crippen molar-refractivity contribution in [2.75, 3.05) is 23.7 Å². The van der Waals surface area contributed by atoms with Crippen LogP contribution < -0.4 is 4.90 Å². The molecule has 1 aliphatic heterocycles. The van der Waals surface area contributed by atoms with Gasteiger partial charge >= 0.3 is 0 Å². The molecule has 1 fully saturated rings. The number of thioether (sulfide) groups is 1. The summed E-state index contributed by atoms with van der Waals surface area (Å²) in [6, 6.07) is 4.09. The zero-order valence-corrected chi connectivity index (χ0v) is 14.0. The molecule has 2 aromatic heterocycles. The van der Waals surface area contributed by atoms with Crippen LogP contribution in [0.15, 0.2) is 12.1 Å². The Balaban J connectivity index is 1.96. The summed E-state index contributed by atoms with van der Waals surface area (Å²) in [4.78, 5) is 2.39. The second kappa shape index (κ2) is 5.48. The van der Waals surface area contributed by atoms with Gasteiger partial charge in [-0.3, -0.25) is 0 Å². The van der Waals surface area contributed by atoms with Crippen LogP contribution in [0.4, 0.5) is 5.82 Å². The van der Waals surface area contributed by atoms with E-state index in [1.807, 2.05) is 10.6 Å². The Hall–Kier alpha value is -1.30. The predicted octanol–water partition coefficient (Wildman–Crippen LogP) is 2.75. The molecule has 0 bridgehead atoms. The van der Waals surface area contributed by atoms with Crippen LogP contribution in [-0.2, 0) is 5.41 Å². The smallest absolute Gasteiger partial charge is 0.178 e. The van der Waals surface area contributed by atoms with E-state index in [0.717, 1.165) is 30.4 Å². The third kappa shape index (κ3) is 2.86. The van der Waals surface area contributed by atoms with E-state index in [-0.39, 0.29) is 5.41 Å². The lowest BCUT2D eigenvalue weighted by atomic mass is 9.96. The van der Waals surface area contributed by atoms with Crippen LogP contribution in [0.3, 0.4) is 0 Å². The first-order chi connectivity index (χ1) is 9.99. The topological polar surface area (TPSA) is 46.3 Å². The maximum atomic E-state index is 4.80. The van der Waals surface area contributed by atoms with Gasteiger partial charge in [-0.15, -0.1) is 15.3 Å². The zero-order valence-electron chi connectivity index (χ0n) is 13.2. The first-order valence-corrected chi connectivity index (χ1v) is 8.63. The lowest BCUT2D eigenvalue weighted by Gasteiger charge is -2.32. The standard InChI is InChI=1S/C15H23N5S/c1-5-11-10-19(8-9-21-11)13-7-6-12-16-17-14(15(2,3)4)20(12)18-13/h6-7,11H,5,8-10H2,1-4H3. The first kappa shape index (κ1) is 14.6. The molecule has 3 heterocycles. The van der Waals surface area contributed by atoms with Crippen LogP contribution in [0.5, 0.6) is 0 Å². The zero-order chi connectivity index (χ0) is 15.0. The van der Waals surface area contributed by atoms with Crippen molar-refractivity contribution in [2.24, 2.45) is 0 Å². The van der Waals surface area contributed by atoms with E-state index in [2.05, 4.69) is 60.6 Å². The second-order valence-corrected chi connectivity index (χ2v) is 7.99. The van der Waals surface area contributed by atoms with Gasteiger partial charge in [0.15, 0.2) is 11.5 Å². The van der Waals surface area contributed by atoms with E-state index in [1.54, 1.807) is 0 Å². The van der Waals surface area contributed by atoms with Crippen LogP contribution in [0.25, 0.3) is 5.65 Å². The Kier molecular flexibility index (Phi) is 3.82. The van der Waals surface area contributed by atoms with Crippen molar-refractivity contribution >= 4 is 23.2 Å². The van der Waals surface area contributed by atoms with Crippen LogP contribution >= 0.6 is 11.8 Å². The van der Waals surface area contributed by atoms with Gasteiger partial charge in [-0.2, -0.15) is 16.3 Å². The van der Waals surface area contributed by atoms with E-state index < -0.39 is 0 Å². The van der Waals surface area contributed by atoms with Gasteiger partial charge in [0.1, 0.15) is 5.82 Å². The minimum atomic E-state index is -0.0608. The summed E-state index contributed by atoms with van der Waals surface area (Å²) >= 11 is 2.07.